The normalized spacial score (nSPS) is 18.7. The van der Waals surface area contributed by atoms with Gasteiger partial charge in [0.25, 0.3) is 0 Å². The third-order valence-electron chi connectivity index (χ3n) is 10.2. The number of allylic oxidation sites excluding steroid dienone is 5. The predicted molar refractivity (Wildman–Crippen MR) is 211 cm³/mol. The minimum absolute atomic E-state index is 0.0353. The van der Waals surface area contributed by atoms with Crippen LogP contribution in [0.1, 0.15) is 47.3 Å². The molecule has 6 aromatic rings. The molecule has 0 amide bonds. The Labute approximate surface area is 297 Å². The summed E-state index contributed by atoms with van der Waals surface area (Å²) in [5.74, 6) is 0.553. The van der Waals surface area contributed by atoms with Crippen LogP contribution in [0.25, 0.3) is 50.8 Å². The van der Waals surface area contributed by atoms with Crippen molar-refractivity contribution in [1.82, 2.24) is 9.97 Å². The van der Waals surface area contributed by atoms with Crippen LogP contribution in [0.2, 0.25) is 0 Å². The molecule has 0 saturated carbocycles. The van der Waals surface area contributed by atoms with Crippen molar-refractivity contribution < 1.29 is 5.43 Å². The van der Waals surface area contributed by atoms with Gasteiger partial charge in [0.05, 0.1) is 39.9 Å². The van der Waals surface area contributed by atoms with Gasteiger partial charge in [-0.3, -0.25) is 5.41 Å². The van der Waals surface area contributed by atoms with Gasteiger partial charge in [-0.1, -0.05) is 115 Å². The zero-order valence-corrected chi connectivity index (χ0v) is 28.6. The molecule has 6 nitrogen and oxygen atoms in total. The minimum Gasteiger partial charge on any atom is -0.362 e. The summed E-state index contributed by atoms with van der Waals surface area (Å²) >= 11 is 0. The lowest BCUT2D eigenvalue weighted by Crippen LogP contribution is -2.72. The Bertz CT molecular complexity index is 2520. The molecule has 3 N–H and O–H groups in total. The average molecular weight is 662 g/mol. The number of aromatic nitrogens is 2. The van der Waals surface area contributed by atoms with Crippen LogP contribution in [0, 0.1) is 11.3 Å². The van der Waals surface area contributed by atoms with Crippen LogP contribution in [0.3, 0.4) is 0 Å². The average Bonchev–Trinajstić information content (AvgIpc) is 3.17. The molecule has 4 aromatic carbocycles. The van der Waals surface area contributed by atoms with Gasteiger partial charge in [-0.25, -0.2) is 9.97 Å². The minimum atomic E-state index is -0.0353. The van der Waals surface area contributed by atoms with Crippen molar-refractivity contribution in [2.75, 3.05) is 11.9 Å². The summed E-state index contributed by atoms with van der Waals surface area (Å²) in [4.78, 5) is 12.9. The maximum Gasteiger partial charge on any atom is 0.155 e. The number of hydrogen-bond acceptors (Lipinski definition) is 5. The highest BCUT2D eigenvalue weighted by atomic mass is 15.3. The highest BCUT2D eigenvalue weighted by Gasteiger charge is 2.28. The Balaban J connectivity index is 1.18. The number of fused-ring (bicyclic) bond motifs is 6. The molecule has 0 saturated heterocycles. The fourth-order valence-corrected chi connectivity index (χ4v) is 7.48. The lowest BCUT2D eigenvalue weighted by atomic mass is 9.86. The van der Waals surface area contributed by atoms with E-state index < -0.39 is 0 Å². The lowest BCUT2D eigenvalue weighted by Gasteiger charge is -2.33. The number of pyridine rings is 2. The summed E-state index contributed by atoms with van der Waals surface area (Å²) in [7, 11) is 2.17. The van der Waals surface area contributed by atoms with Crippen molar-refractivity contribution in [1.29, 1.82) is 5.41 Å². The van der Waals surface area contributed by atoms with Gasteiger partial charge in [0.2, 0.25) is 0 Å². The third kappa shape index (κ3) is 5.50. The Morgan fingerprint density at radius 3 is 2.43 bits per heavy atom. The molecule has 2 aliphatic carbocycles. The third-order valence-corrected chi connectivity index (χ3v) is 10.2. The Morgan fingerprint density at radius 1 is 0.824 bits per heavy atom. The first-order chi connectivity index (χ1) is 25.0. The molecular formula is C45H37N6+. The molecule has 9 rings (SSSR count). The zero-order valence-electron chi connectivity index (χ0n) is 28.6. The van der Waals surface area contributed by atoms with E-state index in [9.17, 15) is 0 Å². The molecule has 0 spiro atoms. The fraction of sp³-hybridized carbons (Fsp3) is 0.111. The molecule has 0 bridgehead atoms. The van der Waals surface area contributed by atoms with E-state index in [-0.39, 0.29) is 6.04 Å². The molecule has 2 unspecified atom stereocenters. The molecule has 3 aliphatic rings. The SMILES string of the molecule is CC1C=CC(c2ccc3ccc4c(c3n2)N(C)C(c2ccc3nc(-c5ccccc5)c5c(c3c2)C(=N[NH2+]c2ccccc2)C(=N)C=C5)C=C4)=CC1. The van der Waals surface area contributed by atoms with Gasteiger partial charge < -0.3 is 4.90 Å². The second-order valence-electron chi connectivity index (χ2n) is 13.6. The summed E-state index contributed by atoms with van der Waals surface area (Å²) < 4.78 is 0. The zero-order chi connectivity index (χ0) is 34.5. The standard InChI is InChI=1S/C45H36N6/c1-28-13-15-29(16-14-28)38-24-19-31-17-18-32-21-26-40(51(2)45(32)43(31)47-38)33-20-25-39-36(27-33)41-35(42(48-39)30-9-5-3-6-10-30)22-23-37(46)44(41)50-49-34-11-7-4-8-12-34/h3-13,15-28,40,46,49H,14H2,1-2H3/p+1. The largest absolute Gasteiger partial charge is 0.362 e. The molecule has 1 aliphatic heterocycles. The van der Waals surface area contributed by atoms with Gasteiger partial charge in [0, 0.05) is 46.6 Å². The molecule has 2 aromatic heterocycles. The van der Waals surface area contributed by atoms with Crippen LogP contribution in [0.5, 0.6) is 0 Å². The van der Waals surface area contributed by atoms with E-state index >= 15 is 0 Å². The van der Waals surface area contributed by atoms with Crippen LogP contribution in [-0.2, 0) is 0 Å². The van der Waals surface area contributed by atoms with E-state index in [0.717, 1.165) is 78.8 Å². The first kappa shape index (κ1) is 30.8. The topological polar surface area (TPSA) is 81.8 Å². The van der Waals surface area contributed by atoms with Crippen LogP contribution < -0.4 is 10.3 Å². The number of hydrogen-bond donors (Lipinski definition) is 2. The summed E-state index contributed by atoms with van der Waals surface area (Å²) in [6.45, 7) is 2.24. The molecule has 0 fully saturated rings. The van der Waals surface area contributed by atoms with Gasteiger partial charge in [-0.15, -0.1) is 0 Å². The van der Waals surface area contributed by atoms with Crippen molar-refractivity contribution in [2.45, 2.75) is 19.4 Å². The molecule has 246 valence electrons. The summed E-state index contributed by atoms with van der Waals surface area (Å²) in [6, 6.07) is 35.6. The Morgan fingerprint density at radius 2 is 1.63 bits per heavy atom. The molecule has 0 radical (unpaired) electrons. The number of likely N-dealkylation sites (N-methyl/N-ethyl adjacent to an activating group) is 1. The summed E-state index contributed by atoms with van der Waals surface area (Å²) in [5, 5.41) is 16.1. The number of rotatable bonds is 5. The second kappa shape index (κ2) is 12.6. The maximum atomic E-state index is 9.04. The van der Waals surface area contributed by atoms with Crippen molar-refractivity contribution in [3.63, 3.8) is 0 Å². The molecule has 51 heavy (non-hydrogen) atoms. The first-order valence-electron chi connectivity index (χ1n) is 17.5. The van der Waals surface area contributed by atoms with Crippen molar-refractivity contribution in [2.24, 2.45) is 11.0 Å². The monoisotopic (exact) mass is 661 g/mol. The molecule has 2 atom stereocenters. The number of anilines is 1. The van der Waals surface area contributed by atoms with Gasteiger partial charge >= 0.3 is 0 Å². The van der Waals surface area contributed by atoms with Crippen molar-refractivity contribution in [3.05, 3.63) is 161 Å². The number of nitrogens with zero attached hydrogens (tertiary/aromatic N) is 4. The number of benzene rings is 4. The highest BCUT2D eigenvalue weighted by molar-refractivity contribution is 6.55. The lowest BCUT2D eigenvalue weighted by molar-refractivity contribution is -0.577. The smallest absolute Gasteiger partial charge is 0.155 e. The van der Waals surface area contributed by atoms with E-state index in [1.807, 2.05) is 66.1 Å². The van der Waals surface area contributed by atoms with Gasteiger partial charge in [-0.05, 0) is 59.4 Å². The Hall–Kier alpha value is -6.24. The van der Waals surface area contributed by atoms with Crippen LogP contribution in [0.15, 0.2) is 139 Å². The number of nitrogens with one attached hydrogen (secondary N) is 1. The first-order valence-corrected chi connectivity index (χ1v) is 17.5. The van der Waals surface area contributed by atoms with Crippen LogP contribution in [-0.4, -0.2) is 28.4 Å². The Kier molecular flexibility index (Phi) is 7.59. The predicted octanol–water partition coefficient (Wildman–Crippen LogP) is 9.28. The fourth-order valence-electron chi connectivity index (χ4n) is 7.48. The summed E-state index contributed by atoms with van der Waals surface area (Å²) in [5.41, 5.74) is 15.2. The van der Waals surface area contributed by atoms with Gasteiger partial charge in [0.15, 0.2) is 11.4 Å². The maximum absolute atomic E-state index is 9.04. The van der Waals surface area contributed by atoms with Crippen LogP contribution >= 0.6 is 0 Å². The van der Waals surface area contributed by atoms with Crippen LogP contribution in [0.4, 0.5) is 11.4 Å². The van der Waals surface area contributed by atoms with E-state index in [4.69, 9.17) is 20.5 Å². The van der Waals surface area contributed by atoms with Gasteiger partial charge in [-0.2, -0.15) is 5.43 Å². The number of nitrogens with two attached hydrogens (primary N) is 1. The van der Waals surface area contributed by atoms with Crippen molar-refractivity contribution >= 4 is 62.3 Å². The van der Waals surface area contributed by atoms with E-state index in [2.05, 4.69) is 104 Å². The van der Waals surface area contributed by atoms with E-state index in [1.165, 1.54) is 5.57 Å². The van der Waals surface area contributed by atoms with E-state index in [0.29, 0.717) is 17.3 Å². The quantitative estimate of drug-likeness (QED) is 0.110. The summed E-state index contributed by atoms with van der Waals surface area (Å²) in [6.07, 6.45) is 16.2. The van der Waals surface area contributed by atoms with E-state index in [1.54, 1.807) is 0 Å². The molecule has 6 heteroatoms. The molecule has 3 heterocycles. The highest BCUT2D eigenvalue weighted by Crippen LogP contribution is 2.42. The van der Waals surface area contributed by atoms with Crippen molar-refractivity contribution in [3.8, 4) is 11.3 Å². The van der Waals surface area contributed by atoms with Gasteiger partial charge in [0.1, 0.15) is 0 Å². The second-order valence-corrected chi connectivity index (χ2v) is 13.6. The molecular weight excluding hydrogens is 625 g/mol. The number of quaternary nitrogens is 1.